The van der Waals surface area contributed by atoms with Crippen molar-refractivity contribution in [2.24, 2.45) is 0 Å². The minimum Gasteiger partial charge on any atom is -0.480 e. The topological polar surface area (TPSA) is 173 Å². The van der Waals surface area contributed by atoms with Crippen LogP contribution in [0.2, 0.25) is 0 Å². The number of nitrogens with two attached hydrogens (primary N) is 1. The number of aliphatic hydroxyl groups excluding tert-OH is 2. The fourth-order valence-corrected chi connectivity index (χ4v) is 2.76. The van der Waals surface area contributed by atoms with Crippen LogP contribution < -0.4 is 10.5 Å². The fraction of sp³-hybridized carbons (Fsp3) is 0.538. The van der Waals surface area contributed by atoms with Gasteiger partial charge >= 0.3 is 0 Å². The van der Waals surface area contributed by atoms with Gasteiger partial charge in [0.1, 0.15) is 29.3 Å². The van der Waals surface area contributed by atoms with Crippen LogP contribution in [0.25, 0.3) is 11.0 Å². The lowest BCUT2D eigenvalue weighted by Crippen LogP contribution is -2.44. The number of fused-ring (bicyclic) bond motifs is 1. The lowest BCUT2D eigenvalue weighted by molar-refractivity contribution is -0.100. The zero-order valence-electron chi connectivity index (χ0n) is 12.9. The summed E-state index contributed by atoms with van der Waals surface area (Å²) < 4.78 is 11.7. The number of hydrogen-bond donors (Lipinski definition) is 4. The van der Waals surface area contributed by atoms with Crippen molar-refractivity contribution in [3.63, 3.8) is 0 Å². The van der Waals surface area contributed by atoms with Crippen molar-refractivity contribution < 1.29 is 24.8 Å². The molecule has 0 aliphatic carbocycles. The summed E-state index contributed by atoms with van der Waals surface area (Å²) >= 11 is 0. The van der Waals surface area contributed by atoms with E-state index in [9.17, 15) is 20.6 Å². The third-order valence-corrected chi connectivity index (χ3v) is 3.99. The third-order valence-electron chi connectivity index (χ3n) is 3.99. The van der Waals surface area contributed by atoms with E-state index in [1.165, 1.54) is 14.0 Å². The third kappa shape index (κ3) is 2.16. The summed E-state index contributed by atoms with van der Waals surface area (Å²) in [4.78, 5) is 7.94. The molecule has 0 saturated carbocycles. The Balaban J connectivity index is 2.25. The first-order chi connectivity index (χ1) is 11.3. The Hall–Kier alpha value is -2.52. The molecule has 1 fully saturated rings. The summed E-state index contributed by atoms with van der Waals surface area (Å²) in [6.07, 6.45) is -3.58. The molecule has 2 aromatic rings. The van der Waals surface area contributed by atoms with Crippen molar-refractivity contribution in [3.05, 3.63) is 5.69 Å². The molecule has 1 aliphatic heterocycles. The van der Waals surface area contributed by atoms with Crippen LogP contribution in [-0.4, -0.2) is 66.6 Å². The molecular weight excluding hydrogens is 320 g/mol. The number of methoxy groups -OCH3 is 1. The van der Waals surface area contributed by atoms with Crippen LogP contribution in [0.4, 0.5) is 5.95 Å². The zero-order chi connectivity index (χ0) is 17.6. The van der Waals surface area contributed by atoms with Crippen molar-refractivity contribution in [2.75, 3.05) is 19.5 Å². The first kappa shape index (κ1) is 16.3. The van der Waals surface area contributed by atoms with E-state index in [0.717, 1.165) is 4.68 Å². The molecule has 0 amide bonds. The molecule has 3 heterocycles. The second kappa shape index (κ2) is 5.53. The van der Waals surface area contributed by atoms with Crippen LogP contribution in [-0.2, 0) is 4.74 Å². The number of aliphatic hydroxyl groups is 3. The second-order valence-corrected chi connectivity index (χ2v) is 5.57. The van der Waals surface area contributed by atoms with Crippen LogP contribution in [0.3, 0.4) is 0 Å². The quantitative estimate of drug-likeness (QED) is 0.505. The highest BCUT2D eigenvalue weighted by Gasteiger charge is 2.54. The molecule has 4 atom stereocenters. The van der Waals surface area contributed by atoms with E-state index in [-0.39, 0.29) is 28.6 Å². The number of aromatic nitrogens is 4. The van der Waals surface area contributed by atoms with Crippen LogP contribution in [0.5, 0.6) is 5.88 Å². The summed E-state index contributed by atoms with van der Waals surface area (Å²) in [6, 6.07) is 1.89. The van der Waals surface area contributed by atoms with Crippen molar-refractivity contribution >= 4 is 17.0 Å². The Labute approximate surface area is 135 Å². The molecule has 0 aromatic carbocycles. The number of nitrogen functional groups attached to an aromatic ring is 1. The van der Waals surface area contributed by atoms with E-state index in [0.29, 0.717) is 0 Å². The van der Waals surface area contributed by atoms with Crippen LogP contribution >= 0.6 is 0 Å². The van der Waals surface area contributed by atoms with Gasteiger partial charge in [-0.3, -0.25) is 0 Å². The Morgan fingerprint density at radius 2 is 2.21 bits per heavy atom. The standard InChI is InChI=1S/C13H16N6O5/c1-13(22)8(21)6(4-20)24-11(13)19-9-7(5(3-14)18-19)10(23-2)17-12(15)16-9/h6,8,11,20-22H,4H2,1-2H3,(H2,15,16,17)/t6-,8-,11-,13-/m1/s1. The molecule has 2 aromatic heterocycles. The minimum atomic E-state index is -1.79. The molecule has 0 unspecified atom stereocenters. The van der Waals surface area contributed by atoms with Gasteiger partial charge in [-0.25, -0.2) is 4.68 Å². The minimum absolute atomic E-state index is 0.0526. The van der Waals surface area contributed by atoms with E-state index < -0.39 is 30.6 Å². The Bertz CT molecular complexity index is 828. The summed E-state index contributed by atoms with van der Waals surface area (Å²) in [5, 5.41) is 43.6. The van der Waals surface area contributed by atoms with Gasteiger partial charge in [-0.1, -0.05) is 0 Å². The number of anilines is 1. The van der Waals surface area contributed by atoms with Gasteiger partial charge in [0.2, 0.25) is 11.8 Å². The largest absolute Gasteiger partial charge is 0.480 e. The Morgan fingerprint density at radius 1 is 1.50 bits per heavy atom. The van der Waals surface area contributed by atoms with Gasteiger partial charge in [0.25, 0.3) is 0 Å². The van der Waals surface area contributed by atoms with Gasteiger partial charge in [0.05, 0.1) is 13.7 Å². The molecule has 0 spiro atoms. The van der Waals surface area contributed by atoms with Crippen LogP contribution in [0.1, 0.15) is 18.8 Å². The van der Waals surface area contributed by atoms with Gasteiger partial charge < -0.3 is 30.5 Å². The maximum atomic E-state index is 10.6. The Kier molecular flexibility index (Phi) is 3.77. The van der Waals surface area contributed by atoms with E-state index >= 15 is 0 Å². The predicted octanol–water partition coefficient (Wildman–Crippen LogP) is -1.71. The first-order valence-corrected chi connectivity index (χ1v) is 7.01. The summed E-state index contributed by atoms with van der Waals surface area (Å²) in [5.41, 5.74) is 3.91. The van der Waals surface area contributed by atoms with Gasteiger partial charge in [0, 0.05) is 0 Å². The molecule has 0 bridgehead atoms. The number of hydrogen-bond acceptors (Lipinski definition) is 10. The SMILES string of the molecule is COc1nc(N)nc2c1c(C#N)nn2[C@@H]1O[C@H](CO)[C@@H](O)[C@@]1(C)O. The maximum Gasteiger partial charge on any atom is 0.230 e. The highest BCUT2D eigenvalue weighted by Crippen LogP contribution is 2.40. The van der Waals surface area contributed by atoms with Crippen LogP contribution in [0, 0.1) is 11.3 Å². The molecular formula is C13H16N6O5. The molecule has 5 N–H and O–H groups in total. The van der Waals surface area contributed by atoms with Crippen LogP contribution in [0.15, 0.2) is 0 Å². The lowest BCUT2D eigenvalue weighted by Gasteiger charge is -2.26. The summed E-state index contributed by atoms with van der Waals surface area (Å²) in [7, 11) is 1.35. The monoisotopic (exact) mass is 336 g/mol. The molecule has 11 heteroatoms. The second-order valence-electron chi connectivity index (χ2n) is 5.57. The summed E-state index contributed by atoms with van der Waals surface area (Å²) in [5.74, 6) is -0.0703. The predicted molar refractivity (Wildman–Crippen MR) is 78.6 cm³/mol. The van der Waals surface area contributed by atoms with E-state index in [4.69, 9.17) is 15.2 Å². The van der Waals surface area contributed by atoms with Crippen molar-refractivity contribution in [2.45, 2.75) is 31.0 Å². The van der Waals surface area contributed by atoms with Gasteiger partial charge in [0.15, 0.2) is 17.6 Å². The normalized spacial score (nSPS) is 29.8. The number of nitriles is 1. The van der Waals surface area contributed by atoms with Crippen molar-refractivity contribution in [1.29, 1.82) is 5.26 Å². The molecule has 0 radical (unpaired) electrons. The molecule has 1 aliphatic rings. The number of rotatable bonds is 3. The van der Waals surface area contributed by atoms with Gasteiger partial charge in [-0.2, -0.15) is 20.3 Å². The smallest absolute Gasteiger partial charge is 0.230 e. The number of nitrogens with zero attached hydrogens (tertiary/aromatic N) is 5. The fourth-order valence-electron chi connectivity index (χ4n) is 2.76. The number of ether oxygens (including phenoxy) is 2. The lowest BCUT2D eigenvalue weighted by atomic mass is 9.97. The summed E-state index contributed by atoms with van der Waals surface area (Å²) in [6.45, 7) is 0.831. The van der Waals surface area contributed by atoms with E-state index in [1.807, 2.05) is 6.07 Å². The highest BCUT2D eigenvalue weighted by atomic mass is 16.6. The molecule has 1 saturated heterocycles. The zero-order valence-corrected chi connectivity index (χ0v) is 12.9. The first-order valence-electron chi connectivity index (χ1n) is 7.01. The van der Waals surface area contributed by atoms with E-state index in [2.05, 4.69) is 15.1 Å². The molecule has 11 nitrogen and oxygen atoms in total. The van der Waals surface area contributed by atoms with E-state index in [1.54, 1.807) is 0 Å². The molecule has 3 rings (SSSR count). The Morgan fingerprint density at radius 3 is 2.75 bits per heavy atom. The van der Waals surface area contributed by atoms with Crippen molar-refractivity contribution in [3.8, 4) is 11.9 Å². The molecule has 24 heavy (non-hydrogen) atoms. The highest BCUT2D eigenvalue weighted by molar-refractivity contribution is 5.86. The van der Waals surface area contributed by atoms with Gasteiger partial charge in [-0.15, -0.1) is 0 Å². The average Bonchev–Trinajstić information content (AvgIpc) is 3.02. The van der Waals surface area contributed by atoms with Gasteiger partial charge in [-0.05, 0) is 6.92 Å². The molecule has 128 valence electrons. The maximum absolute atomic E-state index is 10.6. The van der Waals surface area contributed by atoms with Crippen molar-refractivity contribution in [1.82, 2.24) is 19.7 Å². The average molecular weight is 336 g/mol.